The van der Waals surface area contributed by atoms with Gasteiger partial charge in [0.2, 0.25) is 0 Å². The highest BCUT2D eigenvalue weighted by Crippen LogP contribution is 2.24. The molecule has 2 fully saturated rings. The number of ether oxygens (including phenoxy) is 1. The van der Waals surface area contributed by atoms with Crippen molar-refractivity contribution < 1.29 is 4.74 Å². The third-order valence-electron chi connectivity index (χ3n) is 3.26. The number of alkyl halides is 1. The number of hydrogen-bond donors (Lipinski definition) is 0. The van der Waals surface area contributed by atoms with Crippen LogP contribution in [0.3, 0.4) is 0 Å². The lowest BCUT2D eigenvalue weighted by Crippen LogP contribution is -2.33. The number of hydrogen-bond acceptors (Lipinski definition) is 2. The summed E-state index contributed by atoms with van der Waals surface area (Å²) in [5.74, 6) is 0.931. The van der Waals surface area contributed by atoms with E-state index < -0.39 is 0 Å². The van der Waals surface area contributed by atoms with E-state index in [1.165, 1.54) is 32.4 Å². The van der Waals surface area contributed by atoms with Gasteiger partial charge in [-0.3, -0.25) is 4.90 Å². The Morgan fingerprint density at radius 2 is 2.31 bits per heavy atom. The Bertz CT molecular complexity index is 159. The Morgan fingerprint density at radius 3 is 3.00 bits per heavy atom. The van der Waals surface area contributed by atoms with Crippen molar-refractivity contribution >= 4 is 15.9 Å². The van der Waals surface area contributed by atoms with E-state index in [4.69, 9.17) is 4.74 Å². The monoisotopic (exact) mass is 247 g/mol. The van der Waals surface area contributed by atoms with E-state index in [9.17, 15) is 0 Å². The quantitative estimate of drug-likeness (QED) is 0.707. The first-order valence-electron chi connectivity index (χ1n) is 5.28. The van der Waals surface area contributed by atoms with Gasteiger partial charge in [0.05, 0.1) is 6.61 Å². The SMILES string of the molecule is BrCCC1CCN(C2CCOC2)C1. The van der Waals surface area contributed by atoms with Crippen molar-refractivity contribution in [3.05, 3.63) is 0 Å². The predicted octanol–water partition coefficient (Wildman–Crippen LogP) is 1.88. The maximum Gasteiger partial charge on any atom is 0.0622 e. The molecule has 2 nitrogen and oxygen atoms in total. The van der Waals surface area contributed by atoms with E-state index in [1.807, 2.05) is 0 Å². The molecule has 0 amide bonds. The van der Waals surface area contributed by atoms with E-state index in [-0.39, 0.29) is 0 Å². The molecule has 0 saturated carbocycles. The van der Waals surface area contributed by atoms with Crippen molar-refractivity contribution in [1.29, 1.82) is 0 Å². The molecule has 0 aromatic carbocycles. The molecule has 2 rings (SSSR count). The largest absolute Gasteiger partial charge is 0.380 e. The fourth-order valence-corrected chi connectivity index (χ4v) is 3.04. The molecule has 0 aromatic heterocycles. The van der Waals surface area contributed by atoms with Gasteiger partial charge in [-0.15, -0.1) is 0 Å². The molecule has 2 unspecified atom stereocenters. The molecule has 0 N–H and O–H groups in total. The Labute approximate surface area is 88.8 Å². The van der Waals surface area contributed by atoms with Gasteiger partial charge in [-0.05, 0) is 31.7 Å². The van der Waals surface area contributed by atoms with Crippen molar-refractivity contribution in [2.75, 3.05) is 31.6 Å². The minimum Gasteiger partial charge on any atom is -0.380 e. The third-order valence-corrected chi connectivity index (χ3v) is 3.71. The molecule has 0 spiro atoms. The van der Waals surface area contributed by atoms with E-state index >= 15 is 0 Å². The van der Waals surface area contributed by atoms with Crippen LogP contribution in [0.25, 0.3) is 0 Å². The minimum absolute atomic E-state index is 0.736. The predicted molar refractivity (Wildman–Crippen MR) is 57.3 cm³/mol. The second-order valence-electron chi connectivity index (χ2n) is 4.14. The summed E-state index contributed by atoms with van der Waals surface area (Å²) < 4.78 is 5.41. The van der Waals surface area contributed by atoms with Crippen LogP contribution in [0.15, 0.2) is 0 Å². The van der Waals surface area contributed by atoms with Crippen LogP contribution in [-0.4, -0.2) is 42.6 Å². The molecule has 2 atom stereocenters. The normalized spacial score (nSPS) is 35.8. The van der Waals surface area contributed by atoms with Gasteiger partial charge in [0.25, 0.3) is 0 Å². The van der Waals surface area contributed by atoms with Crippen molar-refractivity contribution in [2.24, 2.45) is 5.92 Å². The van der Waals surface area contributed by atoms with Gasteiger partial charge < -0.3 is 4.74 Å². The summed E-state index contributed by atoms with van der Waals surface area (Å²) in [6.07, 6.45) is 3.98. The first-order valence-corrected chi connectivity index (χ1v) is 6.40. The Hall–Kier alpha value is 0.400. The standard InChI is InChI=1S/C10H18BrNO/c11-4-1-9-2-5-12(7-9)10-3-6-13-8-10/h9-10H,1-8H2. The van der Waals surface area contributed by atoms with Gasteiger partial charge in [-0.25, -0.2) is 0 Å². The molecule has 0 aromatic rings. The number of halogens is 1. The van der Waals surface area contributed by atoms with E-state index in [2.05, 4.69) is 20.8 Å². The molecule has 0 radical (unpaired) electrons. The maximum absolute atomic E-state index is 5.41. The molecular formula is C10H18BrNO. The summed E-state index contributed by atoms with van der Waals surface area (Å²) >= 11 is 3.52. The van der Waals surface area contributed by atoms with Gasteiger partial charge in [0.1, 0.15) is 0 Å². The first kappa shape index (κ1) is 9.94. The molecule has 2 aliphatic heterocycles. The summed E-state index contributed by atoms with van der Waals surface area (Å²) in [4.78, 5) is 2.63. The van der Waals surface area contributed by atoms with Gasteiger partial charge in [0, 0.05) is 24.5 Å². The van der Waals surface area contributed by atoms with Crippen LogP contribution >= 0.6 is 15.9 Å². The molecular weight excluding hydrogens is 230 g/mol. The Balaban J connectivity index is 1.76. The highest BCUT2D eigenvalue weighted by molar-refractivity contribution is 9.09. The Morgan fingerprint density at radius 1 is 1.38 bits per heavy atom. The van der Waals surface area contributed by atoms with Crippen LogP contribution < -0.4 is 0 Å². The summed E-state index contributed by atoms with van der Waals surface area (Å²) in [5.41, 5.74) is 0. The zero-order chi connectivity index (χ0) is 9.10. The minimum atomic E-state index is 0.736. The molecule has 0 aliphatic carbocycles. The van der Waals surface area contributed by atoms with Crippen molar-refractivity contribution in [1.82, 2.24) is 4.90 Å². The number of nitrogens with zero attached hydrogens (tertiary/aromatic N) is 1. The first-order chi connectivity index (χ1) is 6.40. The lowest BCUT2D eigenvalue weighted by atomic mass is 10.1. The highest BCUT2D eigenvalue weighted by Gasteiger charge is 2.29. The van der Waals surface area contributed by atoms with Crippen molar-refractivity contribution in [3.8, 4) is 0 Å². The number of rotatable bonds is 3. The van der Waals surface area contributed by atoms with Crippen LogP contribution in [0.5, 0.6) is 0 Å². The molecule has 13 heavy (non-hydrogen) atoms. The second kappa shape index (κ2) is 4.76. The van der Waals surface area contributed by atoms with Crippen LogP contribution in [0, 0.1) is 5.92 Å². The summed E-state index contributed by atoms with van der Waals surface area (Å²) in [5, 5.41) is 1.16. The third kappa shape index (κ3) is 2.45. The van der Waals surface area contributed by atoms with Gasteiger partial charge in [-0.2, -0.15) is 0 Å². The van der Waals surface area contributed by atoms with E-state index in [0.717, 1.165) is 30.5 Å². The highest BCUT2D eigenvalue weighted by atomic mass is 79.9. The average Bonchev–Trinajstić information content (AvgIpc) is 2.70. The molecule has 0 bridgehead atoms. The topological polar surface area (TPSA) is 12.5 Å². The fraction of sp³-hybridized carbons (Fsp3) is 1.00. The smallest absolute Gasteiger partial charge is 0.0622 e. The van der Waals surface area contributed by atoms with Crippen molar-refractivity contribution in [3.63, 3.8) is 0 Å². The Kier molecular flexibility index (Phi) is 3.64. The second-order valence-corrected chi connectivity index (χ2v) is 4.94. The van der Waals surface area contributed by atoms with Gasteiger partial charge in [-0.1, -0.05) is 15.9 Å². The van der Waals surface area contributed by atoms with Crippen LogP contribution in [0.2, 0.25) is 0 Å². The average molecular weight is 248 g/mol. The molecule has 2 aliphatic rings. The lowest BCUT2D eigenvalue weighted by molar-refractivity contribution is 0.156. The molecule has 2 heterocycles. The maximum atomic E-state index is 5.41. The molecule has 2 saturated heterocycles. The fourth-order valence-electron chi connectivity index (χ4n) is 2.39. The summed E-state index contributed by atoms with van der Waals surface area (Å²) in [6, 6.07) is 0.736. The lowest BCUT2D eigenvalue weighted by Gasteiger charge is -2.22. The van der Waals surface area contributed by atoms with Crippen molar-refractivity contribution in [2.45, 2.75) is 25.3 Å². The van der Waals surface area contributed by atoms with Crippen LogP contribution in [0.1, 0.15) is 19.3 Å². The van der Waals surface area contributed by atoms with Crippen LogP contribution in [0.4, 0.5) is 0 Å². The summed E-state index contributed by atoms with van der Waals surface area (Å²) in [7, 11) is 0. The number of likely N-dealkylation sites (tertiary alicyclic amines) is 1. The summed E-state index contributed by atoms with van der Waals surface area (Å²) in [6.45, 7) is 4.55. The zero-order valence-electron chi connectivity index (χ0n) is 8.04. The van der Waals surface area contributed by atoms with Gasteiger partial charge >= 0.3 is 0 Å². The zero-order valence-corrected chi connectivity index (χ0v) is 9.63. The molecule has 3 heteroatoms. The van der Waals surface area contributed by atoms with Crippen LogP contribution in [-0.2, 0) is 4.74 Å². The molecule has 76 valence electrons. The van der Waals surface area contributed by atoms with E-state index in [0.29, 0.717) is 0 Å². The van der Waals surface area contributed by atoms with Gasteiger partial charge in [0.15, 0.2) is 0 Å². The van der Waals surface area contributed by atoms with E-state index in [1.54, 1.807) is 0 Å².